The number of hydrogen-bond acceptors (Lipinski definition) is 8. The fourth-order valence-electron chi connectivity index (χ4n) is 3.57. The Labute approximate surface area is 179 Å². The lowest BCUT2D eigenvalue weighted by Gasteiger charge is -2.28. The molecule has 9 nitrogen and oxygen atoms in total. The number of ether oxygens (including phenoxy) is 2. The van der Waals surface area contributed by atoms with E-state index in [1.165, 1.54) is 0 Å². The highest BCUT2D eigenvalue weighted by molar-refractivity contribution is 6.15. The van der Waals surface area contributed by atoms with E-state index in [0.29, 0.717) is 78.2 Å². The number of morpholine rings is 1. The van der Waals surface area contributed by atoms with Crippen LogP contribution in [-0.2, 0) is 9.47 Å². The molecule has 31 heavy (non-hydrogen) atoms. The number of carbonyl (C=O) groups excluding carboxylic acids is 2. The number of benzene rings is 1. The number of amides is 1. The highest BCUT2D eigenvalue weighted by Crippen LogP contribution is 2.33. The maximum absolute atomic E-state index is 13.2. The summed E-state index contributed by atoms with van der Waals surface area (Å²) in [4.78, 5) is 36.1. The number of carbonyl (C=O) groups is 2. The first-order valence-corrected chi connectivity index (χ1v) is 10.2. The lowest BCUT2D eigenvalue weighted by molar-refractivity contribution is 0.0526. The van der Waals surface area contributed by atoms with Gasteiger partial charge in [0.25, 0.3) is 5.91 Å². The molecule has 3 heterocycles. The molecule has 1 aromatic carbocycles. The van der Waals surface area contributed by atoms with Crippen molar-refractivity contribution in [3.63, 3.8) is 0 Å². The Balaban J connectivity index is 1.66. The fourth-order valence-corrected chi connectivity index (χ4v) is 3.57. The average Bonchev–Trinajstić information content (AvgIpc) is 3.10. The van der Waals surface area contributed by atoms with Crippen LogP contribution in [0.2, 0.25) is 0 Å². The van der Waals surface area contributed by atoms with Crippen molar-refractivity contribution in [3.8, 4) is 0 Å². The van der Waals surface area contributed by atoms with E-state index in [1.807, 2.05) is 0 Å². The Kier molecular flexibility index (Phi) is 5.85. The van der Waals surface area contributed by atoms with E-state index in [0.717, 1.165) is 0 Å². The van der Waals surface area contributed by atoms with Gasteiger partial charge in [0.2, 0.25) is 5.71 Å². The number of fused-ring (bicyclic) bond motifs is 1. The van der Waals surface area contributed by atoms with E-state index >= 15 is 0 Å². The van der Waals surface area contributed by atoms with Gasteiger partial charge >= 0.3 is 5.97 Å². The third kappa shape index (κ3) is 4.22. The number of aromatic nitrogens is 2. The number of furan rings is 1. The number of aryl methyl sites for hydroxylation is 2. The summed E-state index contributed by atoms with van der Waals surface area (Å²) in [5.74, 6) is 0.974. The molecule has 1 fully saturated rings. The molecule has 0 unspecified atom stereocenters. The van der Waals surface area contributed by atoms with Crippen LogP contribution in [0.5, 0.6) is 0 Å². The standard InChI is InChI=1S/C22H24N4O5/c1-4-30-22(28)15-5-7-16(8-6-15)25-20(27)17-13(2)31-21-18(17)19(23-14(3)24-21)26-9-11-29-12-10-26/h5-8H,4,9-12H2,1-3H3,(H,25,27). The molecular weight excluding hydrogens is 400 g/mol. The highest BCUT2D eigenvalue weighted by atomic mass is 16.5. The fraction of sp³-hybridized carbons (Fsp3) is 0.364. The summed E-state index contributed by atoms with van der Waals surface area (Å²) in [6.07, 6.45) is 0. The smallest absolute Gasteiger partial charge is 0.338 e. The predicted molar refractivity (Wildman–Crippen MR) is 115 cm³/mol. The Bertz CT molecular complexity index is 1120. The van der Waals surface area contributed by atoms with Crippen molar-refractivity contribution in [2.45, 2.75) is 20.8 Å². The van der Waals surface area contributed by atoms with Crippen LogP contribution >= 0.6 is 0 Å². The summed E-state index contributed by atoms with van der Waals surface area (Å²) in [5, 5.41) is 3.46. The van der Waals surface area contributed by atoms with Crippen LogP contribution in [0.4, 0.5) is 11.5 Å². The first kappa shape index (κ1) is 20.8. The molecule has 0 aliphatic carbocycles. The second-order valence-corrected chi connectivity index (χ2v) is 7.16. The van der Waals surface area contributed by atoms with E-state index in [9.17, 15) is 9.59 Å². The van der Waals surface area contributed by atoms with Gasteiger partial charge in [-0.3, -0.25) is 4.79 Å². The van der Waals surface area contributed by atoms with Crippen LogP contribution in [-0.4, -0.2) is 54.8 Å². The lowest BCUT2D eigenvalue weighted by atomic mass is 10.1. The summed E-state index contributed by atoms with van der Waals surface area (Å²) in [6, 6.07) is 6.54. The van der Waals surface area contributed by atoms with E-state index < -0.39 is 5.97 Å². The van der Waals surface area contributed by atoms with E-state index in [1.54, 1.807) is 45.0 Å². The van der Waals surface area contributed by atoms with Crippen LogP contribution < -0.4 is 10.2 Å². The van der Waals surface area contributed by atoms with Crippen molar-refractivity contribution in [1.82, 2.24) is 9.97 Å². The first-order valence-electron chi connectivity index (χ1n) is 10.2. The van der Waals surface area contributed by atoms with Gasteiger partial charge in [-0.1, -0.05) is 0 Å². The third-order valence-electron chi connectivity index (χ3n) is 5.01. The quantitative estimate of drug-likeness (QED) is 0.623. The molecule has 1 aliphatic heterocycles. The molecular formula is C22H24N4O5. The molecule has 4 rings (SSSR count). The van der Waals surface area contributed by atoms with Crippen molar-refractivity contribution in [2.75, 3.05) is 43.1 Å². The van der Waals surface area contributed by atoms with Gasteiger partial charge in [-0.25, -0.2) is 9.78 Å². The topological polar surface area (TPSA) is 107 Å². The van der Waals surface area contributed by atoms with Crippen LogP contribution in [0.25, 0.3) is 11.1 Å². The van der Waals surface area contributed by atoms with Crippen molar-refractivity contribution < 1.29 is 23.5 Å². The van der Waals surface area contributed by atoms with Gasteiger partial charge in [-0.05, 0) is 45.0 Å². The maximum Gasteiger partial charge on any atom is 0.338 e. The Morgan fingerprint density at radius 3 is 2.52 bits per heavy atom. The summed E-state index contributed by atoms with van der Waals surface area (Å²) in [5.41, 5.74) is 1.75. The Hall–Kier alpha value is -3.46. The normalized spacial score (nSPS) is 14.0. The van der Waals surface area contributed by atoms with Crippen molar-refractivity contribution in [3.05, 3.63) is 47.0 Å². The molecule has 1 N–H and O–H groups in total. The Morgan fingerprint density at radius 2 is 1.84 bits per heavy atom. The van der Waals surface area contributed by atoms with Crippen LogP contribution in [0.1, 0.15) is 39.2 Å². The van der Waals surface area contributed by atoms with Crippen molar-refractivity contribution in [1.29, 1.82) is 0 Å². The third-order valence-corrected chi connectivity index (χ3v) is 5.01. The molecule has 2 aromatic heterocycles. The van der Waals surface area contributed by atoms with Crippen LogP contribution in [0.3, 0.4) is 0 Å². The minimum absolute atomic E-state index is 0.303. The molecule has 3 aromatic rings. The summed E-state index contributed by atoms with van der Waals surface area (Å²) in [7, 11) is 0. The zero-order valence-electron chi connectivity index (χ0n) is 17.7. The van der Waals surface area contributed by atoms with Gasteiger partial charge in [0.1, 0.15) is 17.4 Å². The Morgan fingerprint density at radius 1 is 1.13 bits per heavy atom. The molecule has 0 saturated carbocycles. The number of nitrogens with one attached hydrogen (secondary N) is 1. The van der Waals surface area contributed by atoms with Gasteiger partial charge in [-0.15, -0.1) is 0 Å². The monoisotopic (exact) mass is 424 g/mol. The SMILES string of the molecule is CCOC(=O)c1ccc(NC(=O)c2c(C)oc3nc(C)nc(N4CCOCC4)c23)cc1. The molecule has 0 radical (unpaired) electrons. The molecule has 162 valence electrons. The number of anilines is 2. The van der Waals surface area contributed by atoms with E-state index in [2.05, 4.69) is 20.2 Å². The van der Waals surface area contributed by atoms with Gasteiger partial charge in [0, 0.05) is 18.8 Å². The summed E-state index contributed by atoms with van der Waals surface area (Å²) >= 11 is 0. The molecule has 0 spiro atoms. The van der Waals surface area contributed by atoms with Crippen molar-refractivity contribution >= 4 is 34.5 Å². The lowest BCUT2D eigenvalue weighted by Crippen LogP contribution is -2.37. The number of rotatable bonds is 5. The minimum Gasteiger partial charge on any atom is -0.462 e. The van der Waals surface area contributed by atoms with Gasteiger partial charge in [0.15, 0.2) is 0 Å². The predicted octanol–water partition coefficient (Wildman–Crippen LogP) is 3.11. The average molecular weight is 424 g/mol. The zero-order valence-corrected chi connectivity index (χ0v) is 17.7. The van der Waals surface area contributed by atoms with Gasteiger partial charge in [0.05, 0.1) is 36.3 Å². The van der Waals surface area contributed by atoms with E-state index in [-0.39, 0.29) is 5.91 Å². The van der Waals surface area contributed by atoms with Gasteiger partial charge < -0.3 is 24.1 Å². The van der Waals surface area contributed by atoms with E-state index in [4.69, 9.17) is 13.9 Å². The second kappa shape index (κ2) is 8.73. The zero-order chi connectivity index (χ0) is 22.0. The minimum atomic E-state index is -0.403. The molecule has 1 amide bonds. The molecule has 1 saturated heterocycles. The van der Waals surface area contributed by atoms with Crippen molar-refractivity contribution in [2.24, 2.45) is 0 Å². The highest BCUT2D eigenvalue weighted by Gasteiger charge is 2.26. The summed E-state index contributed by atoms with van der Waals surface area (Å²) < 4.78 is 16.2. The largest absolute Gasteiger partial charge is 0.462 e. The second-order valence-electron chi connectivity index (χ2n) is 7.16. The van der Waals surface area contributed by atoms with Gasteiger partial charge in [-0.2, -0.15) is 4.98 Å². The van der Waals surface area contributed by atoms with Crippen LogP contribution in [0.15, 0.2) is 28.7 Å². The summed E-state index contributed by atoms with van der Waals surface area (Å²) in [6.45, 7) is 8.12. The molecule has 9 heteroatoms. The number of nitrogens with zero attached hydrogens (tertiary/aromatic N) is 3. The number of hydrogen-bond donors (Lipinski definition) is 1. The first-order chi connectivity index (χ1) is 15.0. The molecule has 1 aliphatic rings. The molecule has 0 atom stereocenters. The number of esters is 1. The van der Waals surface area contributed by atoms with Crippen LogP contribution in [0, 0.1) is 13.8 Å². The molecule has 0 bridgehead atoms. The maximum atomic E-state index is 13.2.